The first-order valence-electron chi connectivity index (χ1n) is 9.31. The fourth-order valence-corrected chi connectivity index (χ4v) is 3.69. The van der Waals surface area contributed by atoms with E-state index in [1.54, 1.807) is 23.1 Å². The Hall–Kier alpha value is -2.58. The molecule has 0 bridgehead atoms. The lowest BCUT2D eigenvalue weighted by molar-refractivity contribution is -0.140. The summed E-state index contributed by atoms with van der Waals surface area (Å²) in [5.41, 5.74) is 0.821. The average Bonchev–Trinajstić information content (AvgIpc) is 2.78. The van der Waals surface area contributed by atoms with Gasteiger partial charge in [0.05, 0.1) is 37.1 Å². The third-order valence-corrected chi connectivity index (χ3v) is 5.28. The Morgan fingerprint density at radius 2 is 1.72 bits per heavy atom. The highest BCUT2D eigenvalue weighted by Crippen LogP contribution is 2.33. The van der Waals surface area contributed by atoms with Crippen LogP contribution in [0.3, 0.4) is 0 Å². The number of carbonyl (C=O) groups is 3. The number of ether oxygens (including phenoxy) is 3. The lowest BCUT2D eigenvalue weighted by atomic mass is 10.1. The first-order chi connectivity index (χ1) is 14.0. The summed E-state index contributed by atoms with van der Waals surface area (Å²) < 4.78 is 15.1. The van der Waals surface area contributed by atoms with Crippen molar-refractivity contribution in [2.45, 2.75) is 19.3 Å². The van der Waals surface area contributed by atoms with Crippen LogP contribution in [-0.2, 0) is 23.8 Å². The Morgan fingerprint density at radius 3 is 2.38 bits per heavy atom. The number of amides is 1. The predicted molar refractivity (Wildman–Crippen MR) is 106 cm³/mol. The molecule has 1 aromatic rings. The number of halogens is 1. The van der Waals surface area contributed by atoms with Gasteiger partial charge in [-0.3, -0.25) is 4.79 Å². The van der Waals surface area contributed by atoms with Gasteiger partial charge in [-0.2, -0.15) is 0 Å². The summed E-state index contributed by atoms with van der Waals surface area (Å²) in [4.78, 5) is 40.7. The van der Waals surface area contributed by atoms with E-state index in [1.807, 2.05) is 0 Å². The average molecular weight is 423 g/mol. The minimum absolute atomic E-state index is 0.0185. The molecule has 8 nitrogen and oxygen atoms in total. The Kier molecular flexibility index (Phi) is 6.76. The number of hydrogen-bond donors (Lipinski definition) is 0. The molecule has 0 aliphatic carbocycles. The summed E-state index contributed by atoms with van der Waals surface area (Å²) in [5, 5.41) is 0.302. The predicted octanol–water partition coefficient (Wildman–Crippen LogP) is 2.36. The smallest absolute Gasteiger partial charge is 0.355 e. The van der Waals surface area contributed by atoms with Crippen molar-refractivity contribution >= 4 is 35.1 Å². The van der Waals surface area contributed by atoms with E-state index in [2.05, 4.69) is 0 Å². The van der Waals surface area contributed by atoms with Gasteiger partial charge in [0.1, 0.15) is 12.4 Å². The first kappa shape index (κ1) is 21.1. The number of likely N-dealkylation sites (tertiary alicyclic amines) is 1. The van der Waals surface area contributed by atoms with Crippen molar-refractivity contribution in [3.63, 3.8) is 0 Å². The van der Waals surface area contributed by atoms with Gasteiger partial charge < -0.3 is 24.0 Å². The zero-order valence-corrected chi connectivity index (χ0v) is 17.2. The second-order valence-electron chi connectivity index (χ2n) is 6.73. The first-order valence-corrected chi connectivity index (χ1v) is 9.69. The fourth-order valence-electron chi connectivity index (χ4n) is 3.47. The molecule has 29 heavy (non-hydrogen) atoms. The molecule has 0 spiro atoms. The van der Waals surface area contributed by atoms with Gasteiger partial charge in [-0.1, -0.05) is 11.6 Å². The summed E-state index contributed by atoms with van der Waals surface area (Å²) in [6, 6.07) is 4.84. The van der Waals surface area contributed by atoms with Gasteiger partial charge in [0, 0.05) is 18.7 Å². The van der Waals surface area contributed by atoms with E-state index in [9.17, 15) is 14.4 Å². The molecule has 2 heterocycles. The Labute approximate surface area is 173 Å². The van der Waals surface area contributed by atoms with E-state index in [4.69, 9.17) is 25.8 Å². The van der Waals surface area contributed by atoms with Gasteiger partial charge >= 0.3 is 11.9 Å². The third kappa shape index (κ3) is 4.38. The number of nitrogens with zero attached hydrogens (tertiary/aromatic N) is 2. The highest BCUT2D eigenvalue weighted by atomic mass is 35.5. The quantitative estimate of drug-likeness (QED) is 0.688. The summed E-state index contributed by atoms with van der Waals surface area (Å²) in [5.74, 6) is -1.53. The molecule has 3 rings (SSSR count). The molecule has 9 heteroatoms. The van der Waals surface area contributed by atoms with Gasteiger partial charge in [0.15, 0.2) is 0 Å². The van der Waals surface area contributed by atoms with Crippen LogP contribution < -0.4 is 4.90 Å². The van der Waals surface area contributed by atoms with Crippen molar-refractivity contribution in [1.29, 1.82) is 0 Å². The van der Waals surface area contributed by atoms with Crippen molar-refractivity contribution in [2.75, 3.05) is 45.5 Å². The summed E-state index contributed by atoms with van der Waals surface area (Å²) in [6.45, 7) is 1.29. The number of esters is 2. The molecule has 0 unspecified atom stereocenters. The molecule has 1 aromatic carbocycles. The van der Waals surface area contributed by atoms with Gasteiger partial charge in [-0.15, -0.1) is 0 Å². The second kappa shape index (κ2) is 9.28. The summed E-state index contributed by atoms with van der Waals surface area (Å²) in [7, 11) is 2.43. The Morgan fingerprint density at radius 1 is 1.03 bits per heavy atom. The highest BCUT2D eigenvalue weighted by Gasteiger charge is 2.33. The second-order valence-corrected chi connectivity index (χ2v) is 7.14. The normalized spacial score (nSPS) is 17.2. The molecule has 1 fully saturated rings. The number of rotatable bonds is 4. The van der Waals surface area contributed by atoms with Gasteiger partial charge in [-0.05, 0) is 37.5 Å². The molecule has 0 saturated carbocycles. The Bertz CT molecular complexity index is 847. The fraction of sp³-hybridized carbons (Fsp3) is 0.450. The SMILES string of the molecule is COC(=O)C1=C(C(=O)OC)N(c2cc(C(=O)N3CCCCC3)ccc2Cl)COC1. The maximum absolute atomic E-state index is 12.9. The van der Waals surface area contributed by atoms with Crippen molar-refractivity contribution in [1.82, 2.24) is 4.90 Å². The maximum Gasteiger partial charge on any atom is 0.355 e. The van der Waals surface area contributed by atoms with E-state index in [0.29, 0.717) is 29.4 Å². The monoisotopic (exact) mass is 422 g/mol. The van der Waals surface area contributed by atoms with Crippen LogP contribution in [0.4, 0.5) is 5.69 Å². The summed E-state index contributed by atoms with van der Waals surface area (Å²) >= 11 is 6.38. The number of hydrogen-bond acceptors (Lipinski definition) is 7. The van der Waals surface area contributed by atoms with Crippen molar-refractivity contribution in [3.05, 3.63) is 40.1 Å². The van der Waals surface area contributed by atoms with Gasteiger partial charge in [0.2, 0.25) is 0 Å². The largest absolute Gasteiger partial charge is 0.466 e. The zero-order valence-electron chi connectivity index (χ0n) is 16.4. The van der Waals surface area contributed by atoms with Crippen LogP contribution in [0.1, 0.15) is 29.6 Å². The lowest BCUT2D eigenvalue weighted by Crippen LogP contribution is -2.39. The number of carbonyl (C=O) groups excluding carboxylic acids is 3. The minimum Gasteiger partial charge on any atom is -0.466 e. The summed E-state index contributed by atoms with van der Waals surface area (Å²) in [6.07, 6.45) is 3.07. The zero-order chi connectivity index (χ0) is 21.0. The molecule has 0 atom stereocenters. The van der Waals surface area contributed by atoms with Crippen LogP contribution in [-0.4, -0.2) is 63.4 Å². The third-order valence-electron chi connectivity index (χ3n) is 4.96. The molecule has 1 saturated heterocycles. The van der Waals surface area contributed by atoms with Crippen molar-refractivity contribution < 1.29 is 28.6 Å². The van der Waals surface area contributed by atoms with E-state index >= 15 is 0 Å². The standard InChI is InChI=1S/C20H23ClN2O6/c1-27-19(25)14-11-29-12-23(17(14)20(26)28-2)16-10-13(6-7-15(16)21)18(24)22-8-4-3-5-9-22/h6-7,10H,3-5,8-9,11-12H2,1-2H3. The van der Waals surface area contributed by atoms with E-state index in [1.165, 1.54) is 19.1 Å². The molecular weight excluding hydrogens is 400 g/mol. The highest BCUT2D eigenvalue weighted by molar-refractivity contribution is 6.33. The molecule has 0 aromatic heterocycles. The van der Waals surface area contributed by atoms with Crippen LogP contribution in [0.25, 0.3) is 0 Å². The minimum atomic E-state index is -0.725. The van der Waals surface area contributed by atoms with Crippen LogP contribution in [0.5, 0.6) is 0 Å². The van der Waals surface area contributed by atoms with Gasteiger partial charge in [-0.25, -0.2) is 9.59 Å². The van der Waals surface area contributed by atoms with Crippen LogP contribution in [0.15, 0.2) is 29.5 Å². The molecular formula is C20H23ClN2O6. The van der Waals surface area contributed by atoms with Crippen molar-refractivity contribution in [3.8, 4) is 0 Å². The van der Waals surface area contributed by atoms with Crippen LogP contribution in [0, 0.1) is 0 Å². The maximum atomic E-state index is 12.9. The van der Waals surface area contributed by atoms with E-state index < -0.39 is 11.9 Å². The molecule has 1 amide bonds. The molecule has 2 aliphatic rings. The number of methoxy groups -OCH3 is 2. The van der Waals surface area contributed by atoms with Gasteiger partial charge in [0.25, 0.3) is 5.91 Å². The number of piperidine rings is 1. The Balaban J connectivity index is 2.02. The van der Waals surface area contributed by atoms with Crippen LogP contribution in [0.2, 0.25) is 5.02 Å². The molecule has 0 radical (unpaired) electrons. The topological polar surface area (TPSA) is 85.4 Å². The number of anilines is 1. The van der Waals surface area contributed by atoms with Crippen LogP contribution >= 0.6 is 11.6 Å². The van der Waals surface area contributed by atoms with E-state index in [0.717, 1.165) is 19.3 Å². The molecule has 2 aliphatic heterocycles. The molecule has 0 N–H and O–H groups in total. The van der Waals surface area contributed by atoms with E-state index in [-0.39, 0.29) is 30.5 Å². The number of benzene rings is 1. The molecule has 156 valence electrons. The van der Waals surface area contributed by atoms with Crippen molar-refractivity contribution in [2.24, 2.45) is 0 Å². The lowest BCUT2D eigenvalue weighted by Gasteiger charge is -2.32.